The fourth-order valence-electron chi connectivity index (χ4n) is 5.60. The van der Waals surface area contributed by atoms with Crippen molar-refractivity contribution in [3.05, 3.63) is 12.2 Å². The molecule has 0 bridgehead atoms. The standard InChI is InChI=1S/C25H40O5/c1-6-25(4,5)24(28)30-21-12-15(2)11-17-8-7-16(3)20(23(17)21)10-9-19-13-18(26)14-22(27)29-19/h7-8,15-21,23,26H,6,9-14H2,1-5H3/t15-,16-,17-,18+,19+,20-,21-,23-/m0/s1. The molecule has 1 saturated heterocycles. The van der Waals surface area contributed by atoms with Crippen LogP contribution in [0.3, 0.4) is 0 Å². The molecule has 5 heteroatoms. The van der Waals surface area contributed by atoms with Gasteiger partial charge in [-0.15, -0.1) is 0 Å². The first-order valence-corrected chi connectivity index (χ1v) is 11.9. The maximum Gasteiger partial charge on any atom is 0.311 e. The fraction of sp³-hybridized carbons (Fsp3) is 0.840. The predicted octanol–water partition coefficient (Wildman–Crippen LogP) is 4.67. The molecule has 0 unspecified atom stereocenters. The molecule has 1 N–H and O–H groups in total. The zero-order chi connectivity index (χ0) is 22.1. The molecule has 1 aliphatic heterocycles. The second kappa shape index (κ2) is 9.42. The van der Waals surface area contributed by atoms with Crippen LogP contribution in [-0.4, -0.2) is 35.4 Å². The van der Waals surface area contributed by atoms with Crippen molar-refractivity contribution in [1.82, 2.24) is 0 Å². The molecule has 0 aromatic heterocycles. The molecular weight excluding hydrogens is 380 g/mol. The van der Waals surface area contributed by atoms with Gasteiger partial charge in [0.2, 0.25) is 0 Å². The van der Waals surface area contributed by atoms with Crippen LogP contribution in [0.2, 0.25) is 0 Å². The Morgan fingerprint density at radius 1 is 1.20 bits per heavy atom. The van der Waals surface area contributed by atoms with Gasteiger partial charge in [0, 0.05) is 12.3 Å². The van der Waals surface area contributed by atoms with Crippen molar-refractivity contribution in [3.8, 4) is 0 Å². The monoisotopic (exact) mass is 420 g/mol. The van der Waals surface area contributed by atoms with Crippen LogP contribution in [0, 0.1) is 35.0 Å². The summed E-state index contributed by atoms with van der Waals surface area (Å²) in [7, 11) is 0. The van der Waals surface area contributed by atoms with E-state index in [1.54, 1.807) is 0 Å². The normalized spacial score (nSPS) is 39.2. The van der Waals surface area contributed by atoms with Crippen molar-refractivity contribution in [2.45, 2.75) is 97.9 Å². The van der Waals surface area contributed by atoms with Gasteiger partial charge in [0.15, 0.2) is 0 Å². The molecule has 5 nitrogen and oxygen atoms in total. The molecule has 170 valence electrons. The van der Waals surface area contributed by atoms with Crippen LogP contribution in [-0.2, 0) is 19.1 Å². The summed E-state index contributed by atoms with van der Waals surface area (Å²) < 4.78 is 11.7. The van der Waals surface area contributed by atoms with E-state index in [9.17, 15) is 14.7 Å². The summed E-state index contributed by atoms with van der Waals surface area (Å²) in [5.74, 6) is 1.65. The first-order valence-electron chi connectivity index (χ1n) is 11.9. The van der Waals surface area contributed by atoms with Crippen molar-refractivity contribution in [2.75, 3.05) is 0 Å². The third kappa shape index (κ3) is 5.27. The minimum atomic E-state index is -0.590. The van der Waals surface area contributed by atoms with Gasteiger partial charge in [-0.1, -0.05) is 32.9 Å². The predicted molar refractivity (Wildman–Crippen MR) is 115 cm³/mol. The quantitative estimate of drug-likeness (QED) is 0.499. The Bertz CT molecular complexity index is 654. The summed E-state index contributed by atoms with van der Waals surface area (Å²) in [6, 6.07) is 0. The van der Waals surface area contributed by atoms with Crippen LogP contribution in [0.1, 0.15) is 79.6 Å². The van der Waals surface area contributed by atoms with E-state index in [1.165, 1.54) is 0 Å². The number of rotatable bonds is 6. The van der Waals surface area contributed by atoms with Crippen molar-refractivity contribution in [3.63, 3.8) is 0 Å². The lowest BCUT2D eigenvalue weighted by molar-refractivity contribution is -0.171. The van der Waals surface area contributed by atoms with Gasteiger partial charge in [0.05, 0.1) is 17.9 Å². The van der Waals surface area contributed by atoms with E-state index in [2.05, 4.69) is 26.0 Å². The Kier molecular flexibility index (Phi) is 7.32. The average molecular weight is 421 g/mol. The zero-order valence-electron chi connectivity index (χ0n) is 19.3. The number of carbonyl (C=O) groups excluding carboxylic acids is 2. The molecule has 3 rings (SSSR count). The van der Waals surface area contributed by atoms with Gasteiger partial charge in [0.1, 0.15) is 12.2 Å². The summed E-state index contributed by atoms with van der Waals surface area (Å²) in [5, 5.41) is 9.93. The molecule has 2 fully saturated rings. The molecule has 2 aliphatic carbocycles. The second-order valence-corrected chi connectivity index (χ2v) is 10.7. The first kappa shape index (κ1) is 23.3. The number of allylic oxidation sites excluding steroid dienone is 2. The van der Waals surface area contributed by atoms with E-state index in [0.29, 0.717) is 36.0 Å². The molecule has 3 aliphatic rings. The van der Waals surface area contributed by atoms with Crippen LogP contribution in [0.4, 0.5) is 0 Å². The van der Waals surface area contributed by atoms with E-state index in [1.807, 2.05) is 20.8 Å². The molecule has 0 aromatic rings. The van der Waals surface area contributed by atoms with Crippen LogP contribution >= 0.6 is 0 Å². The van der Waals surface area contributed by atoms with E-state index >= 15 is 0 Å². The highest BCUT2D eigenvalue weighted by atomic mass is 16.6. The number of ether oxygens (including phenoxy) is 2. The number of aliphatic hydroxyl groups is 1. The number of esters is 2. The summed E-state index contributed by atoms with van der Waals surface area (Å²) in [4.78, 5) is 24.6. The highest BCUT2D eigenvalue weighted by molar-refractivity contribution is 5.76. The second-order valence-electron chi connectivity index (χ2n) is 10.7. The highest BCUT2D eigenvalue weighted by Crippen LogP contribution is 2.48. The Morgan fingerprint density at radius 3 is 2.60 bits per heavy atom. The average Bonchev–Trinajstić information content (AvgIpc) is 2.66. The number of carbonyl (C=O) groups is 2. The molecule has 0 aromatic carbocycles. The van der Waals surface area contributed by atoms with E-state index in [-0.39, 0.29) is 30.6 Å². The number of hydrogen-bond donors (Lipinski definition) is 1. The molecule has 8 atom stereocenters. The van der Waals surface area contributed by atoms with Crippen molar-refractivity contribution in [2.24, 2.45) is 35.0 Å². The zero-order valence-corrected chi connectivity index (χ0v) is 19.3. The highest BCUT2D eigenvalue weighted by Gasteiger charge is 2.46. The van der Waals surface area contributed by atoms with Gasteiger partial charge in [-0.25, -0.2) is 0 Å². The minimum Gasteiger partial charge on any atom is -0.462 e. The molecular formula is C25H40O5. The van der Waals surface area contributed by atoms with E-state index in [0.717, 1.165) is 32.1 Å². The van der Waals surface area contributed by atoms with Gasteiger partial charge in [-0.3, -0.25) is 9.59 Å². The number of hydrogen-bond acceptors (Lipinski definition) is 5. The molecule has 0 amide bonds. The van der Waals surface area contributed by atoms with Gasteiger partial charge >= 0.3 is 11.9 Å². The molecule has 1 saturated carbocycles. The largest absolute Gasteiger partial charge is 0.462 e. The van der Waals surface area contributed by atoms with Crippen molar-refractivity contribution in [1.29, 1.82) is 0 Å². The summed E-state index contributed by atoms with van der Waals surface area (Å²) in [6.07, 6.45) is 8.91. The Hall–Kier alpha value is -1.36. The van der Waals surface area contributed by atoms with Crippen LogP contribution < -0.4 is 0 Å². The lowest BCUT2D eigenvalue weighted by Crippen LogP contribution is -2.47. The van der Waals surface area contributed by atoms with E-state index < -0.39 is 11.5 Å². The van der Waals surface area contributed by atoms with E-state index in [4.69, 9.17) is 9.47 Å². The number of aliphatic hydroxyl groups excluding tert-OH is 1. The molecule has 0 radical (unpaired) electrons. The molecule has 1 heterocycles. The van der Waals surface area contributed by atoms with Crippen molar-refractivity contribution < 1.29 is 24.2 Å². The Morgan fingerprint density at radius 2 is 1.93 bits per heavy atom. The van der Waals surface area contributed by atoms with Gasteiger partial charge in [-0.05, 0) is 69.6 Å². The molecule has 30 heavy (non-hydrogen) atoms. The Balaban J connectivity index is 1.74. The third-order valence-electron chi connectivity index (χ3n) is 7.82. The topological polar surface area (TPSA) is 72.8 Å². The SMILES string of the molecule is CCC(C)(C)C(=O)O[C@H]1C[C@@H](C)C[C@@H]2C=C[C@H](C)[C@H](CC[C@@H]3C[C@@H](O)CC(=O)O3)[C@@H]12. The first-order chi connectivity index (χ1) is 14.1. The van der Waals surface area contributed by atoms with Crippen molar-refractivity contribution >= 4 is 11.9 Å². The summed E-state index contributed by atoms with van der Waals surface area (Å²) >= 11 is 0. The maximum atomic E-state index is 12.9. The van der Waals surface area contributed by atoms with Gasteiger partial charge in [-0.2, -0.15) is 0 Å². The van der Waals surface area contributed by atoms with Crippen LogP contribution in [0.5, 0.6) is 0 Å². The Labute approximate surface area is 181 Å². The van der Waals surface area contributed by atoms with Crippen LogP contribution in [0.25, 0.3) is 0 Å². The number of fused-ring (bicyclic) bond motifs is 1. The number of cyclic esters (lactones) is 1. The maximum absolute atomic E-state index is 12.9. The lowest BCUT2D eigenvalue weighted by atomic mass is 9.60. The van der Waals surface area contributed by atoms with Gasteiger partial charge < -0.3 is 14.6 Å². The van der Waals surface area contributed by atoms with Gasteiger partial charge in [0.25, 0.3) is 0 Å². The summed E-state index contributed by atoms with van der Waals surface area (Å²) in [6.45, 7) is 10.4. The smallest absolute Gasteiger partial charge is 0.311 e. The lowest BCUT2D eigenvalue weighted by Gasteiger charge is -2.48. The fourth-order valence-corrected chi connectivity index (χ4v) is 5.60. The minimum absolute atomic E-state index is 0.0611. The molecule has 0 spiro atoms. The third-order valence-corrected chi connectivity index (χ3v) is 7.82. The van der Waals surface area contributed by atoms with Crippen LogP contribution in [0.15, 0.2) is 12.2 Å². The summed E-state index contributed by atoms with van der Waals surface area (Å²) in [5.41, 5.74) is -0.464.